The molecule has 0 radical (unpaired) electrons. The fraction of sp³-hybridized carbons (Fsp3) is 0.351. The summed E-state index contributed by atoms with van der Waals surface area (Å²) < 4.78 is 30.4. The summed E-state index contributed by atoms with van der Waals surface area (Å²) in [4.78, 5) is 64.1. The first-order valence-electron chi connectivity index (χ1n) is 17.3. The Morgan fingerprint density at radius 2 is 1.81 bits per heavy atom. The number of nitrogens with one attached hydrogen (secondary N) is 4. The first-order valence-corrected chi connectivity index (χ1v) is 20.0. The van der Waals surface area contributed by atoms with E-state index >= 15 is 0 Å². The zero-order valence-electron chi connectivity index (χ0n) is 29.5. The number of rotatable bonds is 15. The molecule has 1 unspecified atom stereocenters. The molecule has 1 heterocycles. The lowest BCUT2D eigenvalue weighted by Gasteiger charge is -2.39. The summed E-state index contributed by atoms with van der Waals surface area (Å²) in [6.45, 7) is 3.85. The molecule has 12 nitrogen and oxygen atoms in total. The zero-order valence-corrected chi connectivity index (χ0v) is 32.7. The highest BCUT2D eigenvalue weighted by Gasteiger charge is 2.46. The number of aromatic nitrogens is 1. The third-order valence-electron chi connectivity index (χ3n) is 9.73. The number of thiocarbonyl (C=S) groups is 1. The highest BCUT2D eigenvalue weighted by Crippen LogP contribution is 2.39. The Bertz CT molecular complexity index is 2110. The largest absolute Gasteiger partial charge is 0.524 e. The van der Waals surface area contributed by atoms with Gasteiger partial charge in [0.2, 0.25) is 17.7 Å². The van der Waals surface area contributed by atoms with Gasteiger partial charge in [0.25, 0.3) is 0 Å². The molecular weight excluding hydrogens is 779 g/mol. The van der Waals surface area contributed by atoms with Gasteiger partial charge in [0.15, 0.2) is 0 Å². The molecule has 0 saturated carbocycles. The molecule has 3 amide bonds. The Kier molecular flexibility index (Phi) is 13.1. The minimum absolute atomic E-state index is 0.0389. The summed E-state index contributed by atoms with van der Waals surface area (Å²) in [6.07, 6.45) is 1.12. The van der Waals surface area contributed by atoms with E-state index in [-0.39, 0.29) is 54.3 Å². The van der Waals surface area contributed by atoms with Crippen LogP contribution >= 0.6 is 43.2 Å². The average Bonchev–Trinajstić information content (AvgIpc) is 3.47. The van der Waals surface area contributed by atoms with Gasteiger partial charge in [-0.2, -0.15) is 0 Å². The number of halogens is 3. The predicted octanol–water partition coefficient (Wildman–Crippen LogP) is 5.61. The number of amides is 3. The Morgan fingerprint density at radius 3 is 2.46 bits per heavy atom. The lowest BCUT2D eigenvalue weighted by atomic mass is 9.78. The summed E-state index contributed by atoms with van der Waals surface area (Å²) in [6, 6.07) is 13.2. The number of fused-ring (bicyclic) bond motifs is 3. The van der Waals surface area contributed by atoms with Gasteiger partial charge in [0.05, 0.1) is 28.0 Å². The normalized spacial score (nSPS) is 17.2. The van der Waals surface area contributed by atoms with E-state index in [1.165, 1.54) is 30.3 Å². The molecule has 5 rings (SSSR count). The maximum absolute atomic E-state index is 14.5. The van der Waals surface area contributed by atoms with Crippen LogP contribution in [0.1, 0.15) is 55.5 Å². The molecule has 3 aromatic carbocycles. The molecule has 4 aromatic rings. The van der Waals surface area contributed by atoms with Gasteiger partial charge in [0.1, 0.15) is 23.1 Å². The standard InChI is InChI=1S/C37H41Cl2FN5O7PS/c1-3-20(2)32(34(41)54)44-36(48)37(15-14-29-26(19-37)25-17-23(38)18-27(39)33(25)43-29)45-35(47)30(42-31(46)16-22-6-4-5-7-28(22)40)13-10-21-8-11-24(12-9-21)52-53(49,50)51/h4-9,11-12,17-18,20,30,32,43H,3,10,13-16,19H2,1-2H3,(H2,41,54)(H,42,46)(H,44,48)(H,45,47)(H2,49,50,51)/t20?,30-,32-,37+/m0/s1. The second-order valence-corrected chi connectivity index (χ2v) is 16.0. The van der Waals surface area contributed by atoms with Crippen molar-refractivity contribution in [2.75, 3.05) is 0 Å². The first-order chi connectivity index (χ1) is 25.5. The lowest BCUT2D eigenvalue weighted by Crippen LogP contribution is -2.66. The van der Waals surface area contributed by atoms with E-state index in [1.54, 1.807) is 30.3 Å². The van der Waals surface area contributed by atoms with E-state index in [0.29, 0.717) is 39.4 Å². The molecular formula is C37H41Cl2FN5O7PS. The minimum Gasteiger partial charge on any atom is -0.404 e. The number of phosphoric acid groups is 1. The highest BCUT2D eigenvalue weighted by molar-refractivity contribution is 7.80. The Hall–Kier alpha value is -4.04. The maximum atomic E-state index is 14.5. The first kappa shape index (κ1) is 41.1. The van der Waals surface area contributed by atoms with E-state index < -0.39 is 49.0 Å². The minimum atomic E-state index is -4.77. The highest BCUT2D eigenvalue weighted by atomic mass is 35.5. The number of aryl methyl sites for hydroxylation is 2. The number of H-pyrrole nitrogens is 1. The molecule has 1 aliphatic carbocycles. The predicted molar refractivity (Wildman–Crippen MR) is 209 cm³/mol. The molecule has 0 saturated heterocycles. The number of aromatic amines is 1. The van der Waals surface area contributed by atoms with Crippen molar-refractivity contribution in [1.29, 1.82) is 0 Å². The van der Waals surface area contributed by atoms with E-state index in [1.807, 2.05) is 13.8 Å². The molecule has 1 aromatic heterocycles. The number of carbonyl (C=O) groups excluding carboxylic acids is 3. The molecule has 17 heteroatoms. The van der Waals surface area contributed by atoms with Crippen molar-refractivity contribution in [3.63, 3.8) is 0 Å². The van der Waals surface area contributed by atoms with Crippen LogP contribution < -0.4 is 26.2 Å². The number of benzene rings is 3. The summed E-state index contributed by atoms with van der Waals surface area (Å²) in [7, 11) is -4.77. The third kappa shape index (κ3) is 9.98. The van der Waals surface area contributed by atoms with Crippen molar-refractivity contribution in [3.05, 3.63) is 98.9 Å². The Balaban J connectivity index is 1.48. The van der Waals surface area contributed by atoms with E-state index in [4.69, 9.17) is 50.9 Å². The fourth-order valence-corrected chi connectivity index (χ4v) is 7.88. The second-order valence-electron chi connectivity index (χ2n) is 13.5. The zero-order chi connectivity index (χ0) is 39.4. The van der Waals surface area contributed by atoms with Crippen molar-refractivity contribution in [1.82, 2.24) is 20.9 Å². The van der Waals surface area contributed by atoms with Crippen molar-refractivity contribution in [2.24, 2.45) is 11.7 Å². The SMILES string of the molecule is CCC(C)[C@H](NC(=O)[C@@]1(NC(=O)[C@H](CCc2ccc(OP(=O)(O)O)cc2)NC(=O)Cc2ccccc2F)CCc2[nH]c3c(Cl)cc(Cl)cc3c2C1)C(N)=S. The molecule has 1 aliphatic rings. The molecule has 288 valence electrons. The summed E-state index contributed by atoms with van der Waals surface area (Å²) >= 11 is 18.3. The van der Waals surface area contributed by atoms with Gasteiger partial charge in [0, 0.05) is 22.5 Å². The maximum Gasteiger partial charge on any atom is 0.524 e. The Morgan fingerprint density at radius 1 is 1.11 bits per heavy atom. The third-order valence-corrected chi connectivity index (χ3v) is 11.0. The molecule has 0 fully saturated rings. The quantitative estimate of drug-likeness (QED) is 0.0590. The van der Waals surface area contributed by atoms with Crippen molar-refractivity contribution >= 4 is 76.9 Å². The average molecular weight is 821 g/mol. The Labute approximate surface area is 326 Å². The number of phosphoric ester groups is 1. The van der Waals surface area contributed by atoms with Crippen LogP contribution in [0.4, 0.5) is 4.39 Å². The van der Waals surface area contributed by atoms with Gasteiger partial charge in [-0.15, -0.1) is 0 Å². The molecule has 54 heavy (non-hydrogen) atoms. The van der Waals surface area contributed by atoms with E-state index in [9.17, 15) is 23.3 Å². The summed E-state index contributed by atoms with van der Waals surface area (Å²) in [5, 5.41) is 10.2. The molecule has 8 N–H and O–H groups in total. The number of carbonyl (C=O) groups is 3. The van der Waals surface area contributed by atoms with Crippen molar-refractivity contribution < 1.29 is 37.6 Å². The summed E-state index contributed by atoms with van der Waals surface area (Å²) in [5.74, 6) is -2.55. The number of nitrogens with two attached hydrogens (primary N) is 1. The van der Waals surface area contributed by atoms with E-state index in [0.717, 1.165) is 11.3 Å². The number of hydrogen-bond donors (Lipinski definition) is 7. The van der Waals surface area contributed by atoms with Gasteiger partial charge >= 0.3 is 7.82 Å². The van der Waals surface area contributed by atoms with Crippen LogP contribution in [0, 0.1) is 11.7 Å². The summed E-state index contributed by atoms with van der Waals surface area (Å²) in [5.41, 5.74) is 7.56. The number of hydrogen-bond acceptors (Lipinski definition) is 6. The van der Waals surface area contributed by atoms with Crippen LogP contribution in [0.5, 0.6) is 5.75 Å². The lowest BCUT2D eigenvalue weighted by molar-refractivity contribution is -0.136. The van der Waals surface area contributed by atoms with Gasteiger partial charge in [-0.25, -0.2) is 8.96 Å². The van der Waals surface area contributed by atoms with Gasteiger partial charge in [-0.05, 0) is 78.6 Å². The van der Waals surface area contributed by atoms with Crippen LogP contribution in [0.25, 0.3) is 10.9 Å². The van der Waals surface area contributed by atoms with Gasteiger partial charge < -0.3 is 31.2 Å². The van der Waals surface area contributed by atoms with Crippen LogP contribution in [0.2, 0.25) is 10.0 Å². The second kappa shape index (κ2) is 17.2. The van der Waals surface area contributed by atoms with Gasteiger partial charge in [-0.3, -0.25) is 24.2 Å². The van der Waals surface area contributed by atoms with Crippen molar-refractivity contribution in [3.8, 4) is 5.75 Å². The van der Waals surface area contributed by atoms with Crippen LogP contribution in [0.3, 0.4) is 0 Å². The smallest absolute Gasteiger partial charge is 0.404 e. The van der Waals surface area contributed by atoms with Crippen LogP contribution in [-0.4, -0.2) is 55.1 Å². The van der Waals surface area contributed by atoms with Crippen molar-refractivity contribution in [2.45, 2.75) is 76.4 Å². The van der Waals surface area contributed by atoms with Crippen LogP contribution in [-0.2, 0) is 44.6 Å². The monoisotopic (exact) mass is 819 g/mol. The fourth-order valence-electron chi connectivity index (χ4n) is 6.65. The molecule has 0 spiro atoms. The molecule has 0 aliphatic heterocycles. The topological polar surface area (TPSA) is 196 Å². The molecule has 0 bridgehead atoms. The van der Waals surface area contributed by atoms with Gasteiger partial charge in [-0.1, -0.05) is 86.0 Å². The molecule has 4 atom stereocenters. The van der Waals surface area contributed by atoms with E-state index in [2.05, 4.69) is 25.5 Å². The van der Waals surface area contributed by atoms with Crippen LogP contribution in [0.15, 0.2) is 60.7 Å².